The molecule has 0 N–H and O–H groups in total. The molecule has 0 saturated carbocycles. The van der Waals surface area contributed by atoms with Gasteiger partial charge in [0.25, 0.3) is 0 Å². The van der Waals surface area contributed by atoms with Crippen molar-refractivity contribution in [3.05, 3.63) is 102 Å². The van der Waals surface area contributed by atoms with Crippen molar-refractivity contribution in [1.82, 2.24) is 10.2 Å². The van der Waals surface area contributed by atoms with E-state index in [9.17, 15) is 0 Å². The molecule has 0 unspecified atom stereocenters. The zero-order valence-corrected chi connectivity index (χ0v) is 24.7. The first-order valence-electron chi connectivity index (χ1n) is 14.2. The normalized spacial score (nSPS) is 13.8. The highest BCUT2D eigenvalue weighted by molar-refractivity contribution is 5.59. The lowest BCUT2D eigenvalue weighted by Crippen LogP contribution is -2.26. The van der Waals surface area contributed by atoms with E-state index in [1.165, 1.54) is 5.56 Å². The molecule has 41 heavy (non-hydrogen) atoms. The van der Waals surface area contributed by atoms with Crippen molar-refractivity contribution >= 4 is 0 Å². The van der Waals surface area contributed by atoms with E-state index in [2.05, 4.69) is 63.9 Å². The molecule has 1 aliphatic carbocycles. The highest BCUT2D eigenvalue weighted by Gasteiger charge is 2.18. The number of ether oxygens (including phenoxy) is 3. The van der Waals surface area contributed by atoms with Crippen LogP contribution in [0.2, 0.25) is 0 Å². The van der Waals surface area contributed by atoms with Gasteiger partial charge in [-0.2, -0.15) is 0 Å². The van der Waals surface area contributed by atoms with Crippen LogP contribution in [0.15, 0.2) is 101 Å². The molecule has 6 heteroatoms. The van der Waals surface area contributed by atoms with E-state index in [1.807, 2.05) is 72.8 Å². The summed E-state index contributed by atoms with van der Waals surface area (Å²) in [7, 11) is 0. The molecule has 0 radical (unpaired) electrons. The molecule has 0 atom stereocenters. The quantitative estimate of drug-likeness (QED) is 0.207. The minimum Gasteiger partial charge on any atom is -0.488 e. The van der Waals surface area contributed by atoms with Crippen molar-refractivity contribution in [3.63, 3.8) is 0 Å². The lowest BCUT2D eigenvalue weighted by atomic mass is 9.87. The van der Waals surface area contributed by atoms with Gasteiger partial charge in [-0.25, -0.2) is 0 Å². The van der Waals surface area contributed by atoms with Crippen LogP contribution in [0.5, 0.6) is 17.2 Å². The Morgan fingerprint density at radius 3 is 1.51 bits per heavy atom. The van der Waals surface area contributed by atoms with Crippen molar-refractivity contribution in [2.45, 2.75) is 71.8 Å². The van der Waals surface area contributed by atoms with Crippen LogP contribution in [0, 0.1) is 0 Å². The molecule has 1 heterocycles. The van der Waals surface area contributed by atoms with Crippen molar-refractivity contribution in [3.8, 4) is 40.2 Å². The molecule has 0 spiro atoms. The van der Waals surface area contributed by atoms with Crippen molar-refractivity contribution in [2.24, 2.45) is 0 Å². The maximum absolute atomic E-state index is 6.11. The maximum Gasteiger partial charge on any atom is 0.248 e. The van der Waals surface area contributed by atoms with Crippen LogP contribution in [-0.4, -0.2) is 15.8 Å². The van der Waals surface area contributed by atoms with E-state index in [0.29, 0.717) is 11.8 Å². The molecular weight excluding hydrogens is 512 g/mol. The molecule has 0 amide bonds. The Labute approximate surface area is 242 Å². The summed E-state index contributed by atoms with van der Waals surface area (Å²) in [6.07, 6.45) is 6.37. The molecule has 6 nitrogen and oxygen atoms in total. The van der Waals surface area contributed by atoms with Gasteiger partial charge in [0, 0.05) is 24.0 Å². The highest BCUT2D eigenvalue weighted by atomic mass is 16.5. The third-order valence-electron chi connectivity index (χ3n) is 7.16. The number of rotatable bonds is 9. The Balaban J connectivity index is 1.17. The number of aromatic nitrogens is 2. The number of nitrogens with zero attached hydrogens (tertiary/aromatic N) is 2. The first kappa shape index (κ1) is 28.2. The second kappa shape index (κ2) is 11.7. The van der Waals surface area contributed by atoms with E-state index in [0.717, 1.165) is 59.2 Å². The Hall–Kier alpha value is -4.32. The van der Waals surface area contributed by atoms with Gasteiger partial charge in [-0.1, -0.05) is 39.8 Å². The summed E-state index contributed by atoms with van der Waals surface area (Å²) in [5.74, 6) is 5.14. The Morgan fingerprint density at radius 1 is 0.634 bits per heavy atom. The molecule has 5 rings (SSSR count). The summed E-state index contributed by atoms with van der Waals surface area (Å²) >= 11 is 0. The molecule has 4 aromatic rings. The summed E-state index contributed by atoms with van der Waals surface area (Å²) in [6.45, 7) is 12.9. The summed E-state index contributed by atoms with van der Waals surface area (Å²) in [6, 6.07) is 23.7. The Morgan fingerprint density at radius 2 is 1.07 bits per heavy atom. The zero-order valence-electron chi connectivity index (χ0n) is 24.7. The van der Waals surface area contributed by atoms with E-state index >= 15 is 0 Å². The van der Waals surface area contributed by atoms with Gasteiger partial charge in [-0.15, -0.1) is 10.2 Å². The smallest absolute Gasteiger partial charge is 0.248 e. The summed E-state index contributed by atoms with van der Waals surface area (Å²) < 4.78 is 24.2. The van der Waals surface area contributed by atoms with E-state index in [1.54, 1.807) is 0 Å². The first-order valence-corrected chi connectivity index (χ1v) is 14.2. The van der Waals surface area contributed by atoms with Gasteiger partial charge in [-0.05, 0) is 104 Å². The van der Waals surface area contributed by atoms with Gasteiger partial charge in [0.15, 0.2) is 0 Å². The van der Waals surface area contributed by atoms with Crippen LogP contribution < -0.4 is 14.2 Å². The predicted octanol–water partition coefficient (Wildman–Crippen LogP) is 9.29. The molecule has 3 aromatic carbocycles. The van der Waals surface area contributed by atoms with Gasteiger partial charge in [0.2, 0.25) is 11.8 Å². The average molecular weight is 551 g/mol. The fourth-order valence-corrected chi connectivity index (χ4v) is 4.27. The average Bonchev–Trinajstić information content (AvgIpc) is 3.46. The lowest BCUT2D eigenvalue weighted by Gasteiger charge is -2.25. The number of benzene rings is 3. The maximum atomic E-state index is 6.11. The van der Waals surface area contributed by atoms with Crippen LogP contribution in [0.25, 0.3) is 22.9 Å². The summed E-state index contributed by atoms with van der Waals surface area (Å²) in [4.78, 5) is 0. The van der Waals surface area contributed by atoms with Gasteiger partial charge >= 0.3 is 0 Å². The second-order valence-electron chi connectivity index (χ2n) is 11.9. The van der Waals surface area contributed by atoms with Crippen LogP contribution >= 0.6 is 0 Å². The van der Waals surface area contributed by atoms with Gasteiger partial charge in [0.05, 0.1) is 0 Å². The highest BCUT2D eigenvalue weighted by Crippen LogP contribution is 2.30. The summed E-state index contributed by atoms with van der Waals surface area (Å²) in [5.41, 5.74) is 2.91. The molecular formula is C35H38N2O4. The Kier molecular flexibility index (Phi) is 8.02. The van der Waals surface area contributed by atoms with E-state index < -0.39 is 0 Å². The summed E-state index contributed by atoms with van der Waals surface area (Å²) in [5, 5.41) is 8.50. The van der Waals surface area contributed by atoms with Crippen LogP contribution in [-0.2, 0) is 5.41 Å². The minimum atomic E-state index is -0.189. The molecule has 1 aliphatic rings. The van der Waals surface area contributed by atoms with Crippen LogP contribution in [0.1, 0.15) is 66.4 Å². The number of allylic oxidation sites excluding steroid dienone is 4. The van der Waals surface area contributed by atoms with E-state index in [-0.39, 0.29) is 11.0 Å². The number of hydrogen-bond acceptors (Lipinski definition) is 6. The van der Waals surface area contributed by atoms with Crippen molar-refractivity contribution in [1.29, 1.82) is 0 Å². The van der Waals surface area contributed by atoms with Gasteiger partial charge in [0.1, 0.15) is 34.4 Å². The number of hydrogen-bond donors (Lipinski definition) is 0. The first-order chi connectivity index (χ1) is 19.6. The fourth-order valence-electron chi connectivity index (χ4n) is 4.27. The lowest BCUT2D eigenvalue weighted by molar-refractivity contribution is 0.105. The Bertz CT molecular complexity index is 1520. The zero-order chi connectivity index (χ0) is 29.0. The SMILES string of the molecule is CCC(C)(C)Oc1ccc(OC2=CC=C(Oc3ccc(-c4nnc(-c5ccc(C(C)(C)C)cc5)o4)cc3)CC2)cc1. The molecule has 0 saturated heterocycles. The minimum absolute atomic E-state index is 0.0942. The van der Waals surface area contributed by atoms with Crippen LogP contribution in [0.4, 0.5) is 0 Å². The largest absolute Gasteiger partial charge is 0.488 e. The van der Waals surface area contributed by atoms with Crippen molar-refractivity contribution in [2.75, 3.05) is 0 Å². The topological polar surface area (TPSA) is 66.6 Å². The third kappa shape index (κ3) is 7.26. The molecule has 0 bridgehead atoms. The van der Waals surface area contributed by atoms with Gasteiger partial charge in [-0.3, -0.25) is 0 Å². The standard InChI is InChI=1S/C35H38N2O4/c1-7-35(5,6)41-31-22-20-30(21-23-31)39-29-18-16-28(17-19-29)38-27-14-10-25(11-15-27)33-37-36-32(40-33)24-8-12-26(13-9-24)34(2,3)4/h8-16,18,20-23H,7,17,19H2,1-6H3. The molecule has 0 fully saturated rings. The predicted molar refractivity (Wildman–Crippen MR) is 162 cm³/mol. The van der Waals surface area contributed by atoms with Crippen molar-refractivity contribution < 1.29 is 18.6 Å². The van der Waals surface area contributed by atoms with Gasteiger partial charge < -0.3 is 18.6 Å². The fraction of sp³-hybridized carbons (Fsp3) is 0.314. The molecule has 0 aliphatic heterocycles. The second-order valence-corrected chi connectivity index (χ2v) is 11.9. The molecule has 212 valence electrons. The van der Waals surface area contributed by atoms with Crippen LogP contribution in [0.3, 0.4) is 0 Å². The monoisotopic (exact) mass is 550 g/mol. The third-order valence-corrected chi connectivity index (χ3v) is 7.16. The molecule has 1 aromatic heterocycles. The van der Waals surface area contributed by atoms with E-state index in [4.69, 9.17) is 18.6 Å².